The van der Waals surface area contributed by atoms with Gasteiger partial charge in [0.2, 0.25) is 6.08 Å². The fourth-order valence-electron chi connectivity index (χ4n) is 3.79. The molecule has 1 aromatic rings. The summed E-state index contributed by atoms with van der Waals surface area (Å²) >= 11 is 6.49. The Morgan fingerprint density at radius 3 is 2.52 bits per heavy atom. The van der Waals surface area contributed by atoms with Crippen LogP contribution in [0.5, 0.6) is 11.5 Å². The Labute approximate surface area is 141 Å². The van der Waals surface area contributed by atoms with Gasteiger partial charge in [-0.15, -0.1) is 0 Å². The molecule has 0 atom stereocenters. The lowest BCUT2D eigenvalue weighted by Gasteiger charge is -2.25. The van der Waals surface area contributed by atoms with Gasteiger partial charge in [-0.1, -0.05) is 24.4 Å². The number of halogens is 1. The van der Waals surface area contributed by atoms with Crippen LogP contribution in [0.15, 0.2) is 17.1 Å². The lowest BCUT2D eigenvalue weighted by Crippen LogP contribution is -2.19. The van der Waals surface area contributed by atoms with Crippen molar-refractivity contribution in [3.8, 4) is 11.5 Å². The van der Waals surface area contributed by atoms with Crippen LogP contribution in [0.4, 0.5) is 0 Å². The van der Waals surface area contributed by atoms with Crippen molar-refractivity contribution in [1.29, 1.82) is 0 Å². The summed E-state index contributed by atoms with van der Waals surface area (Å²) in [7, 11) is 1.61. The molecule has 0 unspecified atom stereocenters. The van der Waals surface area contributed by atoms with E-state index in [1.165, 1.54) is 12.8 Å². The zero-order valence-electron chi connectivity index (χ0n) is 13.4. The van der Waals surface area contributed by atoms with Crippen LogP contribution in [0, 0.1) is 0 Å². The number of aliphatic imine (C=N–C) groups is 1. The summed E-state index contributed by atoms with van der Waals surface area (Å²) in [4.78, 5) is 15.0. The lowest BCUT2D eigenvalue weighted by atomic mass is 9.88. The van der Waals surface area contributed by atoms with Gasteiger partial charge in [0.1, 0.15) is 0 Å². The molecule has 2 aliphatic rings. The summed E-state index contributed by atoms with van der Waals surface area (Å²) in [5, 5.41) is 0.527. The summed E-state index contributed by atoms with van der Waals surface area (Å²) in [6.07, 6.45) is 10.2. The Hall–Kier alpha value is -1.51. The largest absolute Gasteiger partial charge is 0.493 e. The summed E-state index contributed by atoms with van der Waals surface area (Å²) in [5.41, 5.74) is 0.406. The molecule has 0 radical (unpaired) electrons. The molecule has 3 rings (SSSR count). The van der Waals surface area contributed by atoms with Crippen LogP contribution in [0.1, 0.15) is 56.9 Å². The van der Waals surface area contributed by atoms with Crippen LogP contribution >= 0.6 is 11.6 Å². The van der Waals surface area contributed by atoms with Gasteiger partial charge in [0.15, 0.2) is 11.5 Å². The second kappa shape index (κ2) is 6.94. The molecule has 0 heterocycles. The monoisotopic (exact) mass is 335 g/mol. The molecule has 0 saturated heterocycles. The fourth-order valence-corrected chi connectivity index (χ4v) is 4.04. The molecular formula is C18H22ClNO3. The highest BCUT2D eigenvalue weighted by molar-refractivity contribution is 6.32. The summed E-state index contributed by atoms with van der Waals surface area (Å²) in [6, 6.07) is 3.79. The number of methoxy groups -OCH3 is 1. The molecule has 1 aromatic carbocycles. The van der Waals surface area contributed by atoms with Gasteiger partial charge in [-0.3, -0.25) is 0 Å². The van der Waals surface area contributed by atoms with Gasteiger partial charge in [0.25, 0.3) is 0 Å². The minimum Gasteiger partial charge on any atom is -0.493 e. The predicted molar refractivity (Wildman–Crippen MR) is 89.2 cm³/mol. The number of isocyanates is 1. The van der Waals surface area contributed by atoms with Crippen molar-refractivity contribution in [1.82, 2.24) is 0 Å². The Balaban J connectivity index is 1.97. The van der Waals surface area contributed by atoms with Crippen LogP contribution in [-0.2, 0) is 10.3 Å². The topological polar surface area (TPSA) is 47.9 Å². The molecule has 2 aliphatic carbocycles. The summed E-state index contributed by atoms with van der Waals surface area (Å²) in [6.45, 7) is 0. The first kappa shape index (κ1) is 16.4. The predicted octanol–water partition coefficient (Wildman–Crippen LogP) is 4.78. The number of benzene rings is 1. The van der Waals surface area contributed by atoms with Crippen molar-refractivity contribution in [2.75, 3.05) is 7.11 Å². The van der Waals surface area contributed by atoms with Gasteiger partial charge >= 0.3 is 0 Å². The third-order valence-electron chi connectivity index (χ3n) is 5.04. The molecule has 0 amide bonds. The zero-order chi connectivity index (χ0) is 16.3. The van der Waals surface area contributed by atoms with Crippen molar-refractivity contribution in [2.45, 2.75) is 63.0 Å². The van der Waals surface area contributed by atoms with Crippen molar-refractivity contribution in [2.24, 2.45) is 4.99 Å². The van der Waals surface area contributed by atoms with E-state index in [9.17, 15) is 4.79 Å². The number of ether oxygens (including phenoxy) is 2. The molecule has 0 bridgehead atoms. The number of rotatable bonds is 5. The Bertz CT molecular complexity index is 613. The maximum absolute atomic E-state index is 10.9. The molecule has 5 heteroatoms. The second-order valence-electron chi connectivity index (χ2n) is 6.46. The van der Waals surface area contributed by atoms with Gasteiger partial charge in [-0.05, 0) is 56.2 Å². The first-order valence-electron chi connectivity index (χ1n) is 8.32. The van der Waals surface area contributed by atoms with E-state index < -0.39 is 5.54 Å². The van der Waals surface area contributed by atoms with Crippen molar-refractivity contribution >= 4 is 17.7 Å². The molecule has 0 aliphatic heterocycles. The third-order valence-corrected chi connectivity index (χ3v) is 5.32. The first-order valence-corrected chi connectivity index (χ1v) is 8.70. The van der Waals surface area contributed by atoms with Crippen LogP contribution in [0.2, 0.25) is 5.02 Å². The van der Waals surface area contributed by atoms with Gasteiger partial charge in [-0.25, -0.2) is 4.79 Å². The van der Waals surface area contributed by atoms with Crippen molar-refractivity contribution in [3.05, 3.63) is 22.7 Å². The van der Waals surface area contributed by atoms with E-state index in [2.05, 4.69) is 4.99 Å². The van der Waals surface area contributed by atoms with E-state index in [1.54, 1.807) is 13.2 Å². The molecule has 124 valence electrons. The van der Waals surface area contributed by atoms with Gasteiger partial charge < -0.3 is 9.47 Å². The lowest BCUT2D eigenvalue weighted by molar-refractivity contribution is 0.200. The molecule has 2 fully saturated rings. The van der Waals surface area contributed by atoms with Gasteiger partial charge in [0, 0.05) is 0 Å². The van der Waals surface area contributed by atoms with Crippen LogP contribution < -0.4 is 9.47 Å². The average Bonchev–Trinajstić information content (AvgIpc) is 3.21. The van der Waals surface area contributed by atoms with E-state index in [1.807, 2.05) is 12.1 Å². The highest BCUT2D eigenvalue weighted by Gasteiger charge is 2.37. The molecule has 2 saturated carbocycles. The Kier molecular flexibility index (Phi) is 4.93. The smallest absolute Gasteiger partial charge is 0.235 e. The quantitative estimate of drug-likeness (QED) is 0.575. The van der Waals surface area contributed by atoms with Crippen molar-refractivity contribution in [3.63, 3.8) is 0 Å². The molecule has 0 spiro atoms. The minimum atomic E-state index is -0.509. The van der Waals surface area contributed by atoms with Crippen LogP contribution in [0.3, 0.4) is 0 Å². The molecule has 4 nitrogen and oxygen atoms in total. The zero-order valence-corrected chi connectivity index (χ0v) is 14.2. The Morgan fingerprint density at radius 2 is 1.91 bits per heavy atom. The van der Waals surface area contributed by atoms with Gasteiger partial charge in [0.05, 0.1) is 23.8 Å². The van der Waals surface area contributed by atoms with E-state index in [-0.39, 0.29) is 6.10 Å². The number of hydrogen-bond acceptors (Lipinski definition) is 4. The highest BCUT2D eigenvalue weighted by Crippen LogP contribution is 2.47. The standard InChI is InChI=1S/C18H22ClNO3/c1-22-16-11-13(18(20-12-21)8-4-5-9-18)10-15(19)17(16)23-14-6-2-3-7-14/h10-11,14H,2-9H2,1H3. The maximum atomic E-state index is 10.9. The van der Waals surface area contributed by atoms with E-state index in [0.29, 0.717) is 16.5 Å². The molecule has 0 aromatic heterocycles. The molecule has 0 N–H and O–H groups in total. The van der Waals surface area contributed by atoms with E-state index >= 15 is 0 Å². The van der Waals surface area contributed by atoms with Crippen molar-refractivity contribution < 1.29 is 14.3 Å². The number of hydrogen-bond donors (Lipinski definition) is 0. The number of nitrogens with zero attached hydrogens (tertiary/aromatic N) is 1. The summed E-state index contributed by atoms with van der Waals surface area (Å²) in [5.74, 6) is 1.22. The minimum absolute atomic E-state index is 0.209. The van der Waals surface area contributed by atoms with Crippen LogP contribution in [-0.4, -0.2) is 19.3 Å². The van der Waals surface area contributed by atoms with E-state index in [0.717, 1.165) is 44.1 Å². The second-order valence-corrected chi connectivity index (χ2v) is 6.86. The first-order chi connectivity index (χ1) is 11.2. The number of carbonyl (C=O) groups excluding carboxylic acids is 1. The molecule has 23 heavy (non-hydrogen) atoms. The highest BCUT2D eigenvalue weighted by atomic mass is 35.5. The average molecular weight is 336 g/mol. The third kappa shape index (κ3) is 3.24. The van der Waals surface area contributed by atoms with Gasteiger partial charge in [-0.2, -0.15) is 4.99 Å². The molecular weight excluding hydrogens is 314 g/mol. The normalized spacial score (nSPS) is 20.3. The van der Waals surface area contributed by atoms with E-state index in [4.69, 9.17) is 21.1 Å². The maximum Gasteiger partial charge on any atom is 0.235 e. The fraction of sp³-hybridized carbons (Fsp3) is 0.611. The SMILES string of the molecule is COc1cc(C2(N=C=O)CCCC2)cc(Cl)c1OC1CCCC1. The Morgan fingerprint density at radius 1 is 1.22 bits per heavy atom. The van der Waals surface area contributed by atoms with Crippen LogP contribution in [0.25, 0.3) is 0 Å². The summed E-state index contributed by atoms with van der Waals surface area (Å²) < 4.78 is 11.6.